The van der Waals surface area contributed by atoms with Crippen molar-refractivity contribution in [1.29, 1.82) is 0 Å². The molecule has 1 saturated heterocycles. The average Bonchev–Trinajstić information content (AvgIpc) is 2.67. The van der Waals surface area contributed by atoms with Crippen LogP contribution in [0.2, 0.25) is 0 Å². The Bertz CT molecular complexity index is 130. The summed E-state index contributed by atoms with van der Waals surface area (Å²) in [4.78, 5) is 0. The van der Waals surface area contributed by atoms with Crippen molar-refractivity contribution in [3.8, 4) is 0 Å². The lowest BCUT2D eigenvalue weighted by atomic mass is 10.1. The molecule has 1 aliphatic rings. The van der Waals surface area contributed by atoms with Crippen molar-refractivity contribution >= 4 is 11.8 Å². The van der Waals surface area contributed by atoms with Crippen LogP contribution in [-0.4, -0.2) is 23.6 Å². The van der Waals surface area contributed by atoms with Crippen LogP contribution in [0.4, 0.5) is 0 Å². The van der Waals surface area contributed by atoms with E-state index < -0.39 is 0 Å². The van der Waals surface area contributed by atoms with Gasteiger partial charge in [0.15, 0.2) is 0 Å². The molecule has 0 aromatic rings. The first-order chi connectivity index (χ1) is 5.62. The highest BCUT2D eigenvalue weighted by Crippen LogP contribution is 2.43. The van der Waals surface area contributed by atoms with Crippen LogP contribution < -0.4 is 5.32 Å². The summed E-state index contributed by atoms with van der Waals surface area (Å²) in [5.41, 5.74) is 0. The summed E-state index contributed by atoms with van der Waals surface area (Å²) in [7, 11) is 0. The van der Waals surface area contributed by atoms with Crippen LogP contribution in [0, 0.1) is 5.92 Å². The summed E-state index contributed by atoms with van der Waals surface area (Å²) in [6, 6.07) is 0. The van der Waals surface area contributed by atoms with Crippen LogP contribution in [0.25, 0.3) is 0 Å². The van der Waals surface area contributed by atoms with Crippen molar-refractivity contribution in [2.45, 2.75) is 38.4 Å². The van der Waals surface area contributed by atoms with Crippen LogP contribution in [0.5, 0.6) is 0 Å². The maximum Gasteiger partial charge on any atom is 0.0347 e. The molecule has 0 radical (unpaired) electrons. The van der Waals surface area contributed by atoms with Crippen LogP contribution in [0.3, 0.4) is 0 Å². The van der Waals surface area contributed by atoms with Gasteiger partial charge >= 0.3 is 0 Å². The molecule has 72 valence electrons. The van der Waals surface area contributed by atoms with Crippen LogP contribution in [-0.2, 0) is 0 Å². The van der Waals surface area contributed by atoms with Crippen LogP contribution in [0.1, 0.15) is 33.6 Å². The highest BCUT2D eigenvalue weighted by atomic mass is 32.2. The fraction of sp³-hybridized carbons (Fsp3) is 1.00. The normalized spacial score (nSPS) is 28.0. The van der Waals surface area contributed by atoms with Gasteiger partial charge in [0.05, 0.1) is 0 Å². The summed E-state index contributed by atoms with van der Waals surface area (Å²) in [6.07, 6.45) is 2.69. The first-order valence-electron chi connectivity index (χ1n) is 4.97. The van der Waals surface area contributed by atoms with E-state index in [-0.39, 0.29) is 0 Å². The zero-order valence-corrected chi connectivity index (χ0v) is 9.34. The Morgan fingerprint density at radius 1 is 1.50 bits per heavy atom. The van der Waals surface area contributed by atoms with E-state index >= 15 is 0 Å². The first kappa shape index (κ1) is 10.4. The number of rotatable bonds is 6. The second kappa shape index (κ2) is 4.52. The molecule has 1 rings (SSSR count). The molecule has 0 aliphatic carbocycles. The maximum absolute atomic E-state index is 3.52. The molecule has 0 bridgehead atoms. The molecule has 1 fully saturated rings. The number of nitrogens with one attached hydrogen (secondary N) is 1. The topological polar surface area (TPSA) is 12.0 Å². The van der Waals surface area contributed by atoms with Gasteiger partial charge in [0, 0.05) is 17.0 Å². The zero-order chi connectivity index (χ0) is 9.03. The molecule has 1 aliphatic heterocycles. The lowest BCUT2D eigenvalue weighted by molar-refractivity contribution is 0.520. The predicted octanol–water partition coefficient (Wildman–Crippen LogP) is 2.52. The van der Waals surface area contributed by atoms with Crippen LogP contribution in [0.15, 0.2) is 0 Å². The third-order valence-electron chi connectivity index (χ3n) is 2.27. The van der Waals surface area contributed by atoms with Gasteiger partial charge in [0.1, 0.15) is 0 Å². The Hall–Kier alpha value is 0.310. The molecule has 1 atom stereocenters. The fourth-order valence-corrected chi connectivity index (χ4v) is 1.77. The van der Waals surface area contributed by atoms with Crippen molar-refractivity contribution in [3.05, 3.63) is 0 Å². The van der Waals surface area contributed by atoms with Crippen molar-refractivity contribution < 1.29 is 0 Å². The monoisotopic (exact) mass is 187 g/mol. The van der Waals surface area contributed by atoms with Gasteiger partial charge in [-0.2, -0.15) is 11.8 Å². The van der Waals surface area contributed by atoms with Crippen molar-refractivity contribution in [2.24, 2.45) is 5.92 Å². The van der Waals surface area contributed by atoms with E-state index in [0.29, 0.717) is 4.75 Å². The summed E-state index contributed by atoms with van der Waals surface area (Å²) >= 11 is 2.07. The lowest BCUT2D eigenvalue weighted by Crippen LogP contribution is -2.27. The van der Waals surface area contributed by atoms with Crippen LogP contribution >= 0.6 is 11.8 Å². The van der Waals surface area contributed by atoms with Gasteiger partial charge in [-0.05, 0) is 32.2 Å². The predicted molar refractivity (Wildman–Crippen MR) is 57.8 cm³/mol. The van der Waals surface area contributed by atoms with Crippen molar-refractivity contribution in [3.63, 3.8) is 0 Å². The highest BCUT2D eigenvalue weighted by molar-refractivity contribution is 8.07. The molecule has 0 amide bonds. The fourth-order valence-electron chi connectivity index (χ4n) is 1.21. The average molecular weight is 187 g/mol. The molecular weight excluding hydrogens is 166 g/mol. The van der Waals surface area contributed by atoms with E-state index in [1.807, 2.05) is 0 Å². The molecule has 12 heavy (non-hydrogen) atoms. The molecule has 0 aromatic heterocycles. The Kier molecular flexibility index (Phi) is 3.91. The van der Waals surface area contributed by atoms with E-state index in [0.717, 1.165) is 5.92 Å². The maximum atomic E-state index is 3.52. The molecule has 2 heteroatoms. The zero-order valence-electron chi connectivity index (χ0n) is 8.52. The lowest BCUT2D eigenvalue weighted by Gasteiger charge is -2.09. The number of hydrogen-bond donors (Lipinski definition) is 1. The highest BCUT2D eigenvalue weighted by Gasteiger charge is 2.37. The van der Waals surface area contributed by atoms with Gasteiger partial charge in [0.25, 0.3) is 0 Å². The summed E-state index contributed by atoms with van der Waals surface area (Å²) < 4.78 is 0.595. The largest absolute Gasteiger partial charge is 0.315 e. The summed E-state index contributed by atoms with van der Waals surface area (Å²) in [6.45, 7) is 9.33. The van der Waals surface area contributed by atoms with Gasteiger partial charge in [-0.15, -0.1) is 0 Å². The molecule has 1 unspecified atom stereocenters. The molecule has 0 saturated carbocycles. The smallest absolute Gasteiger partial charge is 0.0347 e. The number of thioether (sulfide) groups is 1. The van der Waals surface area contributed by atoms with E-state index in [4.69, 9.17) is 0 Å². The van der Waals surface area contributed by atoms with Gasteiger partial charge < -0.3 is 5.32 Å². The third kappa shape index (κ3) is 4.36. The van der Waals surface area contributed by atoms with E-state index in [2.05, 4.69) is 37.8 Å². The molecule has 1 heterocycles. The first-order valence-corrected chi connectivity index (χ1v) is 5.96. The molecule has 0 aromatic carbocycles. The second-order valence-electron chi connectivity index (χ2n) is 4.45. The summed E-state index contributed by atoms with van der Waals surface area (Å²) in [5.74, 6) is 2.21. The van der Waals surface area contributed by atoms with Gasteiger partial charge in [-0.1, -0.05) is 13.8 Å². The molecule has 1 N–H and O–H groups in total. The Labute approximate surface area is 80.7 Å². The number of hydrogen-bond acceptors (Lipinski definition) is 2. The second-order valence-corrected chi connectivity index (χ2v) is 6.01. The third-order valence-corrected chi connectivity index (χ3v) is 3.69. The SMILES string of the molecule is CC(C)CCCNCC1(C)CS1. The molecule has 1 nitrogen and oxygen atoms in total. The van der Waals surface area contributed by atoms with E-state index in [1.54, 1.807) is 0 Å². The molecular formula is C10H21NS. The van der Waals surface area contributed by atoms with Gasteiger partial charge in [-0.3, -0.25) is 0 Å². The summed E-state index contributed by atoms with van der Waals surface area (Å²) in [5, 5.41) is 3.52. The Morgan fingerprint density at radius 3 is 2.67 bits per heavy atom. The van der Waals surface area contributed by atoms with Gasteiger partial charge in [0.2, 0.25) is 0 Å². The minimum absolute atomic E-state index is 0.595. The van der Waals surface area contributed by atoms with Gasteiger partial charge in [-0.25, -0.2) is 0 Å². The minimum Gasteiger partial charge on any atom is -0.315 e. The Balaban J connectivity index is 1.83. The quantitative estimate of drug-likeness (QED) is 0.506. The van der Waals surface area contributed by atoms with Crippen molar-refractivity contribution in [2.75, 3.05) is 18.8 Å². The molecule has 0 spiro atoms. The standard InChI is InChI=1S/C10H21NS/c1-9(2)5-4-6-11-7-10(3)8-12-10/h9,11H,4-8H2,1-3H3. The van der Waals surface area contributed by atoms with E-state index in [1.165, 1.54) is 31.7 Å². The Morgan fingerprint density at radius 2 is 2.17 bits per heavy atom. The minimum atomic E-state index is 0.595. The van der Waals surface area contributed by atoms with E-state index in [9.17, 15) is 0 Å². The van der Waals surface area contributed by atoms with Crippen molar-refractivity contribution in [1.82, 2.24) is 5.32 Å².